The van der Waals surface area contributed by atoms with Crippen LogP contribution in [-0.4, -0.2) is 11.8 Å². The molecule has 66 valence electrons. The molecule has 0 rings (SSSR count). The molecule has 0 spiro atoms. The lowest BCUT2D eigenvalue weighted by molar-refractivity contribution is -0.143. The van der Waals surface area contributed by atoms with Gasteiger partial charge in [0.15, 0.2) is 0 Å². The molecule has 2 nitrogen and oxygen atoms in total. The molecule has 11 heavy (non-hydrogen) atoms. The quantitative estimate of drug-likeness (QED) is 0.650. The SMILES string of the molecule is CC(C)(CCCCl)C(=O)OCl. The summed E-state index contributed by atoms with van der Waals surface area (Å²) < 4.78 is 4.10. The van der Waals surface area contributed by atoms with Gasteiger partial charge in [0.1, 0.15) is 11.9 Å². The fourth-order valence-electron chi connectivity index (χ4n) is 0.715. The summed E-state index contributed by atoms with van der Waals surface area (Å²) in [5.41, 5.74) is -0.517. The maximum absolute atomic E-state index is 10.9. The first-order valence-corrected chi connectivity index (χ1v) is 4.28. The molecule has 0 bridgehead atoms. The summed E-state index contributed by atoms with van der Waals surface area (Å²) in [4.78, 5) is 10.9. The minimum absolute atomic E-state index is 0.399. The van der Waals surface area contributed by atoms with Crippen molar-refractivity contribution in [2.75, 3.05) is 5.88 Å². The zero-order valence-electron chi connectivity index (χ0n) is 6.69. The summed E-state index contributed by atoms with van der Waals surface area (Å²) >= 11 is 10.4. The number of carbonyl (C=O) groups is 1. The minimum atomic E-state index is -0.517. The molecular weight excluding hydrogens is 187 g/mol. The van der Waals surface area contributed by atoms with E-state index >= 15 is 0 Å². The van der Waals surface area contributed by atoms with E-state index in [9.17, 15) is 4.79 Å². The van der Waals surface area contributed by atoms with Crippen LogP contribution in [0.1, 0.15) is 26.7 Å². The van der Waals surface area contributed by atoms with Gasteiger partial charge in [0, 0.05) is 5.88 Å². The summed E-state index contributed by atoms with van der Waals surface area (Å²) in [5, 5.41) is 0. The van der Waals surface area contributed by atoms with Gasteiger partial charge in [0.25, 0.3) is 0 Å². The lowest BCUT2D eigenvalue weighted by atomic mass is 9.88. The van der Waals surface area contributed by atoms with Crippen LogP contribution < -0.4 is 0 Å². The van der Waals surface area contributed by atoms with Crippen LogP contribution in [0.3, 0.4) is 0 Å². The second-order valence-corrected chi connectivity index (χ2v) is 3.57. The molecule has 0 aliphatic rings. The Morgan fingerprint density at radius 3 is 2.45 bits per heavy atom. The van der Waals surface area contributed by atoms with Gasteiger partial charge in [0.05, 0.1) is 5.41 Å². The minimum Gasteiger partial charge on any atom is -0.347 e. The van der Waals surface area contributed by atoms with Crippen LogP contribution in [0, 0.1) is 5.41 Å². The third-order valence-electron chi connectivity index (χ3n) is 1.56. The Balaban J connectivity index is 3.88. The van der Waals surface area contributed by atoms with Crippen LogP contribution in [0.15, 0.2) is 0 Å². The van der Waals surface area contributed by atoms with Crippen molar-refractivity contribution in [2.24, 2.45) is 5.41 Å². The molecule has 0 saturated carbocycles. The monoisotopic (exact) mass is 198 g/mol. The largest absolute Gasteiger partial charge is 0.347 e. The smallest absolute Gasteiger partial charge is 0.330 e. The third-order valence-corrected chi connectivity index (χ3v) is 1.97. The van der Waals surface area contributed by atoms with Gasteiger partial charge in [-0.1, -0.05) is 0 Å². The lowest BCUT2D eigenvalue weighted by Gasteiger charge is -2.18. The van der Waals surface area contributed by atoms with Crippen molar-refractivity contribution >= 4 is 29.4 Å². The molecule has 0 radical (unpaired) electrons. The van der Waals surface area contributed by atoms with E-state index < -0.39 is 11.4 Å². The van der Waals surface area contributed by atoms with Crippen LogP contribution in [0.5, 0.6) is 0 Å². The molecule has 0 aliphatic carbocycles. The van der Waals surface area contributed by atoms with E-state index in [1.165, 1.54) is 0 Å². The van der Waals surface area contributed by atoms with Crippen molar-refractivity contribution in [3.63, 3.8) is 0 Å². The summed E-state index contributed by atoms with van der Waals surface area (Å²) in [6, 6.07) is 0. The average Bonchev–Trinajstić information content (AvgIpc) is 1.99. The predicted molar refractivity (Wildman–Crippen MR) is 45.7 cm³/mol. The zero-order chi connectivity index (χ0) is 8.91. The molecule has 4 heteroatoms. The van der Waals surface area contributed by atoms with Crippen molar-refractivity contribution < 1.29 is 9.08 Å². The van der Waals surface area contributed by atoms with Crippen LogP contribution in [0.2, 0.25) is 0 Å². The highest BCUT2D eigenvalue weighted by Gasteiger charge is 2.28. The number of alkyl halides is 1. The fraction of sp³-hybridized carbons (Fsp3) is 0.857. The standard InChI is InChI=1S/C7H12Cl2O2/c1-7(2,4-3-5-8)6(10)11-9/h3-5H2,1-2H3. The molecule has 0 unspecified atom stereocenters. The van der Waals surface area contributed by atoms with Crippen molar-refractivity contribution in [2.45, 2.75) is 26.7 Å². The summed E-state index contributed by atoms with van der Waals surface area (Å²) in [6.45, 7) is 3.56. The van der Waals surface area contributed by atoms with Crippen molar-refractivity contribution in [1.82, 2.24) is 0 Å². The Morgan fingerprint density at radius 2 is 2.09 bits per heavy atom. The lowest BCUT2D eigenvalue weighted by Crippen LogP contribution is -2.24. The van der Waals surface area contributed by atoms with Gasteiger partial charge in [-0.3, -0.25) is 0 Å². The maximum atomic E-state index is 10.9. The van der Waals surface area contributed by atoms with Gasteiger partial charge in [0.2, 0.25) is 0 Å². The Kier molecular flexibility index (Phi) is 4.86. The van der Waals surface area contributed by atoms with E-state index in [-0.39, 0.29) is 0 Å². The maximum Gasteiger partial charge on any atom is 0.330 e. The molecule has 0 aromatic rings. The highest BCUT2D eigenvalue weighted by molar-refractivity contribution is 6.17. The van der Waals surface area contributed by atoms with Gasteiger partial charge in [-0.15, -0.1) is 11.6 Å². The van der Waals surface area contributed by atoms with E-state index in [0.717, 1.165) is 6.42 Å². The van der Waals surface area contributed by atoms with E-state index in [1.54, 1.807) is 13.8 Å². The Hall–Kier alpha value is 0.0500. The number of carbonyl (C=O) groups excluding carboxylic acids is 1. The van der Waals surface area contributed by atoms with Gasteiger partial charge in [-0.25, -0.2) is 4.79 Å². The molecule has 0 atom stereocenters. The van der Waals surface area contributed by atoms with Crippen molar-refractivity contribution in [3.05, 3.63) is 0 Å². The normalized spacial score (nSPS) is 11.3. The fourth-order valence-corrected chi connectivity index (χ4v) is 1.06. The molecule has 0 fully saturated rings. The molecule has 0 N–H and O–H groups in total. The number of hydrogen-bond acceptors (Lipinski definition) is 2. The number of hydrogen-bond donors (Lipinski definition) is 0. The topological polar surface area (TPSA) is 26.3 Å². The predicted octanol–water partition coefficient (Wildman–Crippen LogP) is 2.73. The van der Waals surface area contributed by atoms with Crippen LogP contribution in [0.4, 0.5) is 0 Å². The van der Waals surface area contributed by atoms with Crippen LogP contribution >= 0.6 is 23.5 Å². The summed E-state index contributed by atoms with van der Waals surface area (Å²) in [7, 11) is 0. The van der Waals surface area contributed by atoms with E-state index in [4.69, 9.17) is 23.5 Å². The van der Waals surface area contributed by atoms with Gasteiger partial charge in [-0.05, 0) is 26.7 Å². The molecule has 0 aliphatic heterocycles. The molecule has 0 aromatic heterocycles. The summed E-state index contributed by atoms with van der Waals surface area (Å²) in [5.74, 6) is 0.156. The van der Waals surface area contributed by atoms with E-state index in [0.29, 0.717) is 12.3 Å². The number of halogens is 2. The van der Waals surface area contributed by atoms with Gasteiger partial charge < -0.3 is 4.29 Å². The van der Waals surface area contributed by atoms with Crippen molar-refractivity contribution in [3.8, 4) is 0 Å². The zero-order valence-corrected chi connectivity index (χ0v) is 8.21. The van der Waals surface area contributed by atoms with E-state index in [1.807, 2.05) is 0 Å². The Morgan fingerprint density at radius 1 is 1.55 bits per heavy atom. The van der Waals surface area contributed by atoms with Crippen LogP contribution in [-0.2, 0) is 9.08 Å². The molecule has 0 aromatic carbocycles. The second-order valence-electron chi connectivity index (χ2n) is 3.04. The van der Waals surface area contributed by atoms with Gasteiger partial charge >= 0.3 is 5.97 Å². The van der Waals surface area contributed by atoms with Gasteiger partial charge in [-0.2, -0.15) is 0 Å². The third kappa shape index (κ3) is 3.82. The molecule has 0 heterocycles. The molecular formula is C7H12Cl2O2. The first-order chi connectivity index (χ1) is 5.04. The average molecular weight is 199 g/mol. The Bertz CT molecular complexity index is 134. The first kappa shape index (κ1) is 11.1. The molecule has 0 saturated heterocycles. The highest BCUT2D eigenvalue weighted by atomic mass is 35.5. The number of rotatable bonds is 4. The first-order valence-electron chi connectivity index (χ1n) is 3.43. The Labute approximate surface area is 77.0 Å². The second kappa shape index (κ2) is 4.83. The van der Waals surface area contributed by atoms with E-state index in [2.05, 4.69) is 4.29 Å². The highest BCUT2D eigenvalue weighted by Crippen LogP contribution is 2.24. The van der Waals surface area contributed by atoms with Crippen LogP contribution in [0.25, 0.3) is 0 Å². The molecule has 0 amide bonds. The van der Waals surface area contributed by atoms with Crippen molar-refractivity contribution in [1.29, 1.82) is 0 Å². The summed E-state index contributed by atoms with van der Waals surface area (Å²) in [6.07, 6.45) is 1.49.